The molecule has 4 rings (SSSR count). The Hall–Kier alpha value is -1.30. The van der Waals surface area contributed by atoms with Crippen LogP contribution in [-0.2, 0) is 19.5 Å². The van der Waals surface area contributed by atoms with E-state index in [0.717, 1.165) is 35.9 Å². The Balaban J connectivity index is 1.38. The van der Waals surface area contributed by atoms with Crippen molar-refractivity contribution in [2.45, 2.75) is 25.9 Å². The molecule has 6 heteroatoms. The molecule has 0 fully saturated rings. The lowest BCUT2D eigenvalue weighted by atomic mass is 9.97. The van der Waals surface area contributed by atoms with Gasteiger partial charge in [0, 0.05) is 44.1 Å². The van der Waals surface area contributed by atoms with E-state index in [-0.39, 0.29) is 0 Å². The Morgan fingerprint density at radius 3 is 3.27 bits per heavy atom. The van der Waals surface area contributed by atoms with E-state index in [9.17, 15) is 0 Å². The van der Waals surface area contributed by atoms with Gasteiger partial charge in [0.15, 0.2) is 0 Å². The molecule has 0 aliphatic carbocycles. The highest BCUT2D eigenvalue weighted by Crippen LogP contribution is 2.30. The van der Waals surface area contributed by atoms with Gasteiger partial charge in [0.1, 0.15) is 5.82 Å². The molecular weight excluding hydrogens is 316 g/mol. The summed E-state index contributed by atoms with van der Waals surface area (Å²) in [5.41, 5.74) is 2.41. The van der Waals surface area contributed by atoms with Crippen molar-refractivity contribution >= 4 is 33.2 Å². The van der Waals surface area contributed by atoms with Crippen LogP contribution in [0.1, 0.15) is 17.9 Å². The van der Waals surface area contributed by atoms with Gasteiger partial charge in [-0.2, -0.15) is 0 Å². The van der Waals surface area contributed by atoms with Crippen molar-refractivity contribution in [2.75, 3.05) is 13.6 Å². The molecule has 0 saturated heterocycles. The molecule has 0 aromatic carbocycles. The number of halogens is 1. The number of aryl methyl sites for hydroxylation is 1. The summed E-state index contributed by atoms with van der Waals surface area (Å²) in [4.78, 5) is 10.3. The van der Waals surface area contributed by atoms with Crippen LogP contribution in [-0.4, -0.2) is 33.0 Å². The molecule has 0 amide bonds. The lowest BCUT2D eigenvalue weighted by molar-refractivity contribution is 0.236. The summed E-state index contributed by atoms with van der Waals surface area (Å²) in [6, 6.07) is 4.22. The molecule has 0 radical (unpaired) electrons. The monoisotopic (exact) mass is 334 g/mol. The van der Waals surface area contributed by atoms with Crippen LogP contribution in [0, 0.1) is 5.92 Å². The Morgan fingerprint density at radius 1 is 1.50 bits per heavy atom. The van der Waals surface area contributed by atoms with E-state index in [2.05, 4.69) is 38.7 Å². The fraction of sp³-hybridized carbons (Fsp3) is 0.438. The Labute approximate surface area is 138 Å². The number of H-pyrrole nitrogens is 1. The van der Waals surface area contributed by atoms with E-state index < -0.39 is 0 Å². The third kappa shape index (κ3) is 2.81. The predicted molar refractivity (Wildman–Crippen MR) is 91.6 cm³/mol. The number of rotatable bonds is 4. The molecule has 22 heavy (non-hydrogen) atoms. The maximum atomic E-state index is 6.02. The quantitative estimate of drug-likeness (QED) is 0.788. The third-order valence-corrected chi connectivity index (χ3v) is 5.60. The average Bonchev–Trinajstić information content (AvgIpc) is 3.12. The summed E-state index contributed by atoms with van der Waals surface area (Å²) in [6.07, 6.45) is 6.33. The first-order valence-corrected chi connectivity index (χ1v) is 8.82. The van der Waals surface area contributed by atoms with Crippen molar-refractivity contribution in [3.63, 3.8) is 0 Å². The summed E-state index contributed by atoms with van der Waals surface area (Å²) in [5, 5.41) is 0. The van der Waals surface area contributed by atoms with Gasteiger partial charge in [-0.1, -0.05) is 11.6 Å². The molecule has 3 aromatic rings. The number of hydrogen-bond donors (Lipinski definition) is 1. The van der Waals surface area contributed by atoms with Crippen LogP contribution in [0.4, 0.5) is 0 Å². The summed E-state index contributed by atoms with van der Waals surface area (Å²) in [7, 11) is 2.20. The molecule has 1 atom stereocenters. The Bertz CT molecular complexity index is 756. The second-order valence-corrected chi connectivity index (χ2v) is 7.93. The van der Waals surface area contributed by atoms with Crippen molar-refractivity contribution in [2.24, 2.45) is 5.92 Å². The molecule has 1 N–H and O–H groups in total. The average molecular weight is 335 g/mol. The smallest absolute Gasteiger partial charge is 0.108 e. The normalized spacial score (nSPS) is 18.2. The highest BCUT2D eigenvalue weighted by atomic mass is 35.5. The SMILES string of the molecule is CN(Cc1cc2sc(Cl)cc2[nH]1)CC1CCn2ccnc2C1. The van der Waals surface area contributed by atoms with Gasteiger partial charge in [0.05, 0.1) is 14.6 Å². The zero-order valence-corrected chi connectivity index (χ0v) is 14.1. The first-order valence-electron chi connectivity index (χ1n) is 7.63. The van der Waals surface area contributed by atoms with Crippen LogP contribution < -0.4 is 0 Å². The second-order valence-electron chi connectivity index (χ2n) is 6.22. The van der Waals surface area contributed by atoms with E-state index in [0.29, 0.717) is 5.92 Å². The van der Waals surface area contributed by atoms with E-state index in [4.69, 9.17) is 11.6 Å². The first kappa shape index (κ1) is 14.3. The van der Waals surface area contributed by atoms with Crippen LogP contribution in [0.15, 0.2) is 24.5 Å². The topological polar surface area (TPSA) is 36.9 Å². The summed E-state index contributed by atoms with van der Waals surface area (Å²) in [6.45, 7) is 3.16. The van der Waals surface area contributed by atoms with Gasteiger partial charge in [-0.3, -0.25) is 0 Å². The van der Waals surface area contributed by atoms with Gasteiger partial charge in [0.25, 0.3) is 0 Å². The minimum absolute atomic E-state index is 0.699. The molecule has 116 valence electrons. The fourth-order valence-corrected chi connectivity index (χ4v) is 4.57. The summed E-state index contributed by atoms with van der Waals surface area (Å²) < 4.78 is 4.37. The predicted octanol–water partition coefficient (Wildman–Crippen LogP) is 3.77. The number of imidazole rings is 1. The van der Waals surface area contributed by atoms with Crippen molar-refractivity contribution in [1.29, 1.82) is 0 Å². The highest BCUT2D eigenvalue weighted by Gasteiger charge is 2.20. The zero-order valence-electron chi connectivity index (χ0n) is 12.6. The molecule has 0 saturated carbocycles. The standard InChI is InChI=1S/C16H19ClN4S/c1-20(9-11-2-4-21-5-3-18-16(21)6-11)10-12-7-14-13(19-12)8-15(17)22-14/h3,5,7-8,11,19H,2,4,6,9-10H2,1H3. The lowest BCUT2D eigenvalue weighted by Crippen LogP contribution is -2.30. The van der Waals surface area contributed by atoms with Crippen molar-refractivity contribution in [1.82, 2.24) is 19.4 Å². The van der Waals surface area contributed by atoms with E-state index in [1.54, 1.807) is 11.3 Å². The Kier molecular flexibility index (Phi) is 3.72. The fourth-order valence-electron chi connectivity index (χ4n) is 3.40. The maximum absolute atomic E-state index is 6.02. The highest BCUT2D eigenvalue weighted by molar-refractivity contribution is 7.22. The van der Waals surface area contributed by atoms with Crippen molar-refractivity contribution in [3.05, 3.63) is 40.4 Å². The van der Waals surface area contributed by atoms with Gasteiger partial charge in [-0.25, -0.2) is 4.98 Å². The lowest BCUT2D eigenvalue weighted by Gasteiger charge is -2.27. The molecule has 1 aliphatic rings. The Morgan fingerprint density at radius 2 is 2.41 bits per heavy atom. The van der Waals surface area contributed by atoms with Gasteiger partial charge < -0.3 is 14.5 Å². The van der Waals surface area contributed by atoms with Gasteiger partial charge in [0.2, 0.25) is 0 Å². The number of nitrogens with one attached hydrogen (secondary N) is 1. The van der Waals surface area contributed by atoms with E-state index >= 15 is 0 Å². The molecular formula is C16H19ClN4S. The number of thiophene rings is 1. The van der Waals surface area contributed by atoms with Crippen LogP contribution in [0.25, 0.3) is 10.2 Å². The van der Waals surface area contributed by atoms with Crippen molar-refractivity contribution in [3.8, 4) is 0 Å². The zero-order chi connectivity index (χ0) is 15.1. The largest absolute Gasteiger partial charge is 0.357 e. The molecule has 1 unspecified atom stereocenters. The third-order valence-electron chi connectivity index (χ3n) is 4.39. The number of hydrogen-bond acceptors (Lipinski definition) is 3. The van der Waals surface area contributed by atoms with Gasteiger partial charge in [-0.15, -0.1) is 11.3 Å². The number of aromatic amines is 1. The van der Waals surface area contributed by atoms with E-state index in [1.807, 2.05) is 12.3 Å². The van der Waals surface area contributed by atoms with Crippen LogP contribution in [0.3, 0.4) is 0 Å². The van der Waals surface area contributed by atoms with Gasteiger partial charge >= 0.3 is 0 Å². The minimum Gasteiger partial charge on any atom is -0.357 e. The maximum Gasteiger partial charge on any atom is 0.108 e. The number of nitrogens with zero attached hydrogens (tertiary/aromatic N) is 3. The minimum atomic E-state index is 0.699. The first-order chi connectivity index (χ1) is 10.7. The summed E-state index contributed by atoms with van der Waals surface area (Å²) in [5.74, 6) is 1.94. The second kappa shape index (κ2) is 5.72. The number of aromatic nitrogens is 3. The van der Waals surface area contributed by atoms with Crippen LogP contribution >= 0.6 is 22.9 Å². The molecule has 3 aromatic heterocycles. The van der Waals surface area contributed by atoms with E-state index in [1.165, 1.54) is 22.6 Å². The molecule has 0 spiro atoms. The molecule has 0 bridgehead atoms. The molecule has 1 aliphatic heterocycles. The molecule has 4 heterocycles. The molecule has 4 nitrogen and oxygen atoms in total. The van der Waals surface area contributed by atoms with Crippen molar-refractivity contribution < 1.29 is 0 Å². The van der Waals surface area contributed by atoms with Crippen LogP contribution in [0.5, 0.6) is 0 Å². The van der Waals surface area contributed by atoms with Crippen LogP contribution in [0.2, 0.25) is 4.34 Å². The summed E-state index contributed by atoms with van der Waals surface area (Å²) >= 11 is 7.66. The number of fused-ring (bicyclic) bond motifs is 2. The van der Waals surface area contributed by atoms with Gasteiger partial charge in [-0.05, 0) is 31.5 Å².